The SMILES string of the molecule is CCCC(N)C(=O)N(C)C1CCCCCCC1. The minimum absolute atomic E-state index is 0.137. The zero-order valence-electron chi connectivity index (χ0n) is 11.5. The number of hydrogen-bond acceptors (Lipinski definition) is 2. The Balaban J connectivity index is 2.47. The van der Waals surface area contributed by atoms with Gasteiger partial charge in [-0.05, 0) is 19.3 Å². The predicted octanol–water partition coefficient (Wildman–Crippen LogP) is 2.69. The maximum atomic E-state index is 12.1. The average Bonchev–Trinajstić information content (AvgIpc) is 2.27. The summed E-state index contributed by atoms with van der Waals surface area (Å²) in [5.74, 6) is 0.137. The maximum absolute atomic E-state index is 12.1. The molecule has 1 unspecified atom stereocenters. The van der Waals surface area contributed by atoms with Gasteiger partial charge in [0.25, 0.3) is 0 Å². The lowest BCUT2D eigenvalue weighted by Gasteiger charge is -2.31. The molecule has 1 aliphatic rings. The fraction of sp³-hybridized carbons (Fsp3) is 0.929. The van der Waals surface area contributed by atoms with Crippen molar-refractivity contribution in [1.82, 2.24) is 4.90 Å². The van der Waals surface area contributed by atoms with E-state index in [1.54, 1.807) is 0 Å². The zero-order chi connectivity index (χ0) is 12.7. The van der Waals surface area contributed by atoms with Gasteiger partial charge in [-0.2, -0.15) is 0 Å². The van der Waals surface area contributed by atoms with Crippen LogP contribution < -0.4 is 5.73 Å². The summed E-state index contributed by atoms with van der Waals surface area (Å²) in [7, 11) is 1.93. The molecular formula is C14H28N2O. The molecule has 0 saturated heterocycles. The van der Waals surface area contributed by atoms with Crippen LogP contribution in [-0.4, -0.2) is 29.9 Å². The molecule has 1 aliphatic carbocycles. The third kappa shape index (κ3) is 4.66. The quantitative estimate of drug-likeness (QED) is 0.821. The van der Waals surface area contributed by atoms with Crippen molar-refractivity contribution in [3.05, 3.63) is 0 Å². The minimum atomic E-state index is -0.296. The van der Waals surface area contributed by atoms with Crippen molar-refractivity contribution in [3.8, 4) is 0 Å². The van der Waals surface area contributed by atoms with Crippen LogP contribution in [0.5, 0.6) is 0 Å². The minimum Gasteiger partial charge on any atom is -0.341 e. The van der Waals surface area contributed by atoms with Crippen LogP contribution in [0.1, 0.15) is 64.7 Å². The molecule has 0 aromatic rings. The van der Waals surface area contributed by atoms with Gasteiger partial charge in [0.1, 0.15) is 0 Å². The predicted molar refractivity (Wildman–Crippen MR) is 71.8 cm³/mol. The third-order valence-corrected chi connectivity index (χ3v) is 3.89. The van der Waals surface area contributed by atoms with Crippen LogP contribution in [0.15, 0.2) is 0 Å². The van der Waals surface area contributed by atoms with Crippen molar-refractivity contribution in [3.63, 3.8) is 0 Å². The number of nitrogens with zero attached hydrogens (tertiary/aromatic N) is 1. The van der Waals surface area contributed by atoms with Gasteiger partial charge in [-0.3, -0.25) is 4.79 Å². The van der Waals surface area contributed by atoms with Gasteiger partial charge < -0.3 is 10.6 Å². The largest absolute Gasteiger partial charge is 0.341 e. The van der Waals surface area contributed by atoms with Gasteiger partial charge in [-0.15, -0.1) is 0 Å². The molecule has 3 heteroatoms. The van der Waals surface area contributed by atoms with Gasteiger partial charge in [0.05, 0.1) is 6.04 Å². The summed E-state index contributed by atoms with van der Waals surface area (Å²) in [6.45, 7) is 2.07. The smallest absolute Gasteiger partial charge is 0.239 e. The Hall–Kier alpha value is -0.570. The highest BCUT2D eigenvalue weighted by molar-refractivity contribution is 5.81. The maximum Gasteiger partial charge on any atom is 0.239 e. The van der Waals surface area contributed by atoms with Crippen molar-refractivity contribution >= 4 is 5.91 Å². The summed E-state index contributed by atoms with van der Waals surface area (Å²) in [4.78, 5) is 14.1. The van der Waals surface area contributed by atoms with E-state index in [0.717, 1.165) is 25.7 Å². The highest BCUT2D eigenvalue weighted by Gasteiger charge is 2.24. The summed E-state index contributed by atoms with van der Waals surface area (Å²) >= 11 is 0. The number of rotatable bonds is 4. The van der Waals surface area contributed by atoms with E-state index in [1.807, 2.05) is 11.9 Å². The van der Waals surface area contributed by atoms with E-state index in [0.29, 0.717) is 6.04 Å². The number of carbonyl (C=O) groups excluding carboxylic acids is 1. The van der Waals surface area contributed by atoms with Crippen LogP contribution >= 0.6 is 0 Å². The van der Waals surface area contributed by atoms with Gasteiger partial charge in [0.15, 0.2) is 0 Å². The summed E-state index contributed by atoms with van der Waals surface area (Å²) in [5.41, 5.74) is 5.91. The number of carbonyl (C=O) groups is 1. The Morgan fingerprint density at radius 2 is 1.76 bits per heavy atom. The van der Waals surface area contributed by atoms with Crippen LogP contribution in [0.2, 0.25) is 0 Å². The topological polar surface area (TPSA) is 46.3 Å². The van der Waals surface area contributed by atoms with Crippen molar-refractivity contribution in [2.45, 2.75) is 76.8 Å². The van der Waals surface area contributed by atoms with Gasteiger partial charge in [0, 0.05) is 13.1 Å². The van der Waals surface area contributed by atoms with E-state index in [-0.39, 0.29) is 11.9 Å². The lowest BCUT2D eigenvalue weighted by molar-refractivity contribution is -0.133. The zero-order valence-corrected chi connectivity index (χ0v) is 11.5. The number of hydrogen-bond donors (Lipinski definition) is 1. The van der Waals surface area contributed by atoms with Gasteiger partial charge in [-0.25, -0.2) is 0 Å². The number of nitrogens with two attached hydrogens (primary N) is 1. The first kappa shape index (κ1) is 14.5. The van der Waals surface area contributed by atoms with Crippen molar-refractivity contribution in [2.75, 3.05) is 7.05 Å². The van der Waals surface area contributed by atoms with Crippen LogP contribution in [0.25, 0.3) is 0 Å². The summed E-state index contributed by atoms with van der Waals surface area (Å²) in [5, 5.41) is 0. The van der Waals surface area contributed by atoms with Crippen LogP contribution in [0, 0.1) is 0 Å². The normalized spacial score (nSPS) is 20.4. The lowest BCUT2D eigenvalue weighted by Crippen LogP contribution is -2.46. The fourth-order valence-electron chi connectivity index (χ4n) is 2.70. The molecule has 1 atom stereocenters. The second-order valence-electron chi connectivity index (χ2n) is 5.34. The van der Waals surface area contributed by atoms with Crippen molar-refractivity contribution in [2.24, 2.45) is 5.73 Å². The fourth-order valence-corrected chi connectivity index (χ4v) is 2.70. The monoisotopic (exact) mass is 240 g/mol. The summed E-state index contributed by atoms with van der Waals surface area (Å²) in [6.07, 6.45) is 10.6. The Labute approximate surface area is 106 Å². The first-order valence-electron chi connectivity index (χ1n) is 7.19. The molecule has 17 heavy (non-hydrogen) atoms. The van der Waals surface area contributed by atoms with E-state index in [1.165, 1.54) is 32.1 Å². The Morgan fingerprint density at radius 1 is 1.24 bits per heavy atom. The molecule has 0 spiro atoms. The van der Waals surface area contributed by atoms with Gasteiger partial charge in [-0.1, -0.05) is 45.4 Å². The van der Waals surface area contributed by atoms with E-state index in [9.17, 15) is 4.79 Å². The Morgan fingerprint density at radius 3 is 2.29 bits per heavy atom. The molecule has 0 aliphatic heterocycles. The molecular weight excluding hydrogens is 212 g/mol. The number of likely N-dealkylation sites (N-methyl/N-ethyl adjacent to an activating group) is 1. The molecule has 0 radical (unpaired) electrons. The first-order chi connectivity index (χ1) is 8.16. The van der Waals surface area contributed by atoms with Crippen LogP contribution in [0.4, 0.5) is 0 Å². The average molecular weight is 240 g/mol. The van der Waals surface area contributed by atoms with E-state index >= 15 is 0 Å². The van der Waals surface area contributed by atoms with Crippen LogP contribution in [0.3, 0.4) is 0 Å². The summed E-state index contributed by atoms with van der Waals surface area (Å²) < 4.78 is 0. The first-order valence-corrected chi connectivity index (χ1v) is 7.19. The molecule has 100 valence electrons. The molecule has 0 aromatic heterocycles. The molecule has 0 heterocycles. The summed E-state index contributed by atoms with van der Waals surface area (Å²) in [6, 6.07) is 0.126. The van der Waals surface area contributed by atoms with E-state index < -0.39 is 0 Å². The Kier molecular flexibility index (Phi) is 6.56. The van der Waals surface area contributed by atoms with Gasteiger partial charge >= 0.3 is 0 Å². The second-order valence-corrected chi connectivity index (χ2v) is 5.34. The van der Waals surface area contributed by atoms with Crippen molar-refractivity contribution < 1.29 is 4.79 Å². The molecule has 3 nitrogen and oxygen atoms in total. The molecule has 1 fully saturated rings. The highest BCUT2D eigenvalue weighted by Crippen LogP contribution is 2.21. The number of amides is 1. The lowest BCUT2D eigenvalue weighted by atomic mass is 9.95. The molecule has 2 N–H and O–H groups in total. The Bertz CT molecular complexity index is 222. The second kappa shape index (κ2) is 7.70. The molecule has 1 rings (SSSR count). The third-order valence-electron chi connectivity index (χ3n) is 3.89. The molecule has 0 aromatic carbocycles. The molecule has 0 bridgehead atoms. The molecule has 1 saturated carbocycles. The van der Waals surface area contributed by atoms with E-state index in [2.05, 4.69) is 6.92 Å². The van der Waals surface area contributed by atoms with E-state index in [4.69, 9.17) is 5.73 Å². The molecule has 1 amide bonds. The van der Waals surface area contributed by atoms with Gasteiger partial charge in [0.2, 0.25) is 5.91 Å². The van der Waals surface area contributed by atoms with Crippen molar-refractivity contribution in [1.29, 1.82) is 0 Å². The van der Waals surface area contributed by atoms with Crippen LogP contribution in [-0.2, 0) is 4.79 Å². The highest BCUT2D eigenvalue weighted by atomic mass is 16.2. The standard InChI is InChI=1S/C14H28N2O/c1-3-9-13(15)14(17)16(2)12-10-7-5-4-6-8-11-12/h12-13H,3-11,15H2,1-2H3.